The van der Waals surface area contributed by atoms with Crippen molar-refractivity contribution in [2.45, 2.75) is 39.2 Å². The topological polar surface area (TPSA) is 67.5 Å². The molecule has 0 saturated heterocycles. The van der Waals surface area contributed by atoms with Gasteiger partial charge >= 0.3 is 0 Å². The fourth-order valence-electron chi connectivity index (χ4n) is 2.95. The number of hydrogen-bond donors (Lipinski definition) is 2. The average Bonchev–Trinajstić information content (AvgIpc) is 2.35. The lowest BCUT2D eigenvalue weighted by Crippen LogP contribution is -2.42. The van der Waals surface area contributed by atoms with Gasteiger partial charge in [0.1, 0.15) is 5.54 Å². The lowest BCUT2D eigenvalue weighted by molar-refractivity contribution is -0.124. The molecule has 0 radical (unpaired) electrons. The van der Waals surface area contributed by atoms with Gasteiger partial charge in [0.15, 0.2) is 5.96 Å². The molecule has 3 N–H and O–H groups in total. The van der Waals surface area contributed by atoms with Crippen LogP contribution in [0.25, 0.3) is 0 Å². The third kappa shape index (κ3) is 1.13. The molecule has 14 heavy (non-hydrogen) atoms. The van der Waals surface area contributed by atoms with Crippen LogP contribution in [0.15, 0.2) is 4.99 Å². The summed E-state index contributed by atoms with van der Waals surface area (Å²) in [7, 11) is 0. The summed E-state index contributed by atoms with van der Waals surface area (Å²) in [6, 6.07) is 0. The number of carbonyl (C=O) groups excluding carboxylic acids is 1. The maximum absolute atomic E-state index is 11.8. The first-order valence-electron chi connectivity index (χ1n) is 5.02. The minimum atomic E-state index is -0.576. The first kappa shape index (κ1) is 9.49. The van der Waals surface area contributed by atoms with Crippen LogP contribution in [0.5, 0.6) is 0 Å². The van der Waals surface area contributed by atoms with E-state index in [1.807, 2.05) is 0 Å². The zero-order chi connectivity index (χ0) is 10.6. The zero-order valence-electron chi connectivity index (χ0n) is 8.92. The molecule has 78 valence electrons. The molecule has 2 unspecified atom stereocenters. The first-order valence-corrected chi connectivity index (χ1v) is 5.02. The van der Waals surface area contributed by atoms with E-state index >= 15 is 0 Å². The van der Waals surface area contributed by atoms with E-state index in [1.165, 1.54) is 0 Å². The van der Waals surface area contributed by atoms with E-state index in [4.69, 9.17) is 5.73 Å². The van der Waals surface area contributed by atoms with Crippen molar-refractivity contribution in [1.82, 2.24) is 5.32 Å². The third-order valence-electron chi connectivity index (χ3n) is 3.38. The summed E-state index contributed by atoms with van der Waals surface area (Å²) >= 11 is 0. The van der Waals surface area contributed by atoms with Crippen LogP contribution in [0, 0.1) is 11.3 Å². The number of carbonyl (C=O) groups is 1. The highest BCUT2D eigenvalue weighted by Gasteiger charge is 2.56. The minimum absolute atomic E-state index is 0.0203. The van der Waals surface area contributed by atoms with Crippen molar-refractivity contribution in [1.29, 1.82) is 0 Å². The number of aliphatic imine (C=N–C) groups is 1. The number of rotatable bonds is 0. The van der Waals surface area contributed by atoms with Gasteiger partial charge in [0.25, 0.3) is 5.91 Å². The fraction of sp³-hybridized carbons (Fsp3) is 0.800. The summed E-state index contributed by atoms with van der Waals surface area (Å²) in [5.41, 5.74) is 5.16. The molecule has 1 amide bonds. The van der Waals surface area contributed by atoms with Gasteiger partial charge < -0.3 is 5.73 Å². The zero-order valence-corrected chi connectivity index (χ0v) is 8.92. The van der Waals surface area contributed by atoms with Gasteiger partial charge in [-0.15, -0.1) is 0 Å². The van der Waals surface area contributed by atoms with Crippen LogP contribution in [-0.2, 0) is 4.79 Å². The number of nitrogens with zero attached hydrogens (tertiary/aromatic N) is 1. The van der Waals surface area contributed by atoms with Crippen LogP contribution >= 0.6 is 0 Å². The molecular formula is C10H17N3O. The van der Waals surface area contributed by atoms with Crippen LogP contribution in [0.1, 0.15) is 33.6 Å². The molecule has 0 aromatic rings. The normalized spacial score (nSPS) is 40.1. The molecule has 4 nitrogen and oxygen atoms in total. The maximum atomic E-state index is 11.8. The molecule has 1 aliphatic heterocycles. The van der Waals surface area contributed by atoms with Gasteiger partial charge in [-0.05, 0) is 24.2 Å². The summed E-state index contributed by atoms with van der Waals surface area (Å²) in [4.78, 5) is 16.1. The number of nitrogens with one attached hydrogen (secondary N) is 1. The van der Waals surface area contributed by atoms with E-state index in [0.717, 1.165) is 12.8 Å². The van der Waals surface area contributed by atoms with Gasteiger partial charge in [-0.25, -0.2) is 4.99 Å². The summed E-state index contributed by atoms with van der Waals surface area (Å²) in [5, 5.41) is 2.61. The van der Waals surface area contributed by atoms with Crippen molar-refractivity contribution in [2.24, 2.45) is 22.1 Å². The third-order valence-corrected chi connectivity index (χ3v) is 3.38. The standard InChI is InChI=1S/C10H17N3O/c1-6-4-9(2,3)5-10(6)7(14)12-8(11)13-10/h6H,4-5H2,1-3H3,(H3,11,12,13,14). The molecule has 1 aliphatic carbocycles. The van der Waals surface area contributed by atoms with Crippen molar-refractivity contribution in [3.63, 3.8) is 0 Å². The predicted octanol–water partition coefficient (Wildman–Crippen LogP) is 0.626. The van der Waals surface area contributed by atoms with Crippen molar-refractivity contribution in [3.05, 3.63) is 0 Å². The predicted molar refractivity (Wildman–Crippen MR) is 54.7 cm³/mol. The highest BCUT2D eigenvalue weighted by molar-refractivity contribution is 6.07. The Hall–Kier alpha value is -1.06. The van der Waals surface area contributed by atoms with Gasteiger partial charge in [0.05, 0.1) is 0 Å². The van der Waals surface area contributed by atoms with E-state index < -0.39 is 5.54 Å². The molecule has 1 saturated carbocycles. The number of amides is 1. The quantitative estimate of drug-likeness (QED) is 0.595. The van der Waals surface area contributed by atoms with Crippen molar-refractivity contribution < 1.29 is 4.79 Å². The Kier molecular flexibility index (Phi) is 1.69. The molecular weight excluding hydrogens is 178 g/mol. The highest BCUT2D eigenvalue weighted by atomic mass is 16.2. The van der Waals surface area contributed by atoms with E-state index in [2.05, 4.69) is 31.1 Å². The lowest BCUT2D eigenvalue weighted by atomic mass is 9.87. The SMILES string of the molecule is CC1CC(C)(C)CC12N=C(N)NC2=O. The Bertz CT molecular complexity index is 321. The van der Waals surface area contributed by atoms with Crippen LogP contribution in [0.2, 0.25) is 0 Å². The van der Waals surface area contributed by atoms with Crippen molar-refractivity contribution in [2.75, 3.05) is 0 Å². The Morgan fingerprint density at radius 3 is 2.57 bits per heavy atom. The Labute approximate surface area is 84.0 Å². The molecule has 1 heterocycles. The summed E-state index contributed by atoms with van der Waals surface area (Å²) in [6.07, 6.45) is 1.82. The Morgan fingerprint density at radius 2 is 2.21 bits per heavy atom. The minimum Gasteiger partial charge on any atom is -0.370 e. The van der Waals surface area contributed by atoms with E-state index in [-0.39, 0.29) is 23.2 Å². The Balaban J connectivity index is 2.38. The van der Waals surface area contributed by atoms with E-state index in [9.17, 15) is 4.79 Å². The smallest absolute Gasteiger partial charge is 0.255 e. The fourth-order valence-corrected chi connectivity index (χ4v) is 2.95. The van der Waals surface area contributed by atoms with Gasteiger partial charge in [0.2, 0.25) is 0 Å². The molecule has 0 aromatic carbocycles. The van der Waals surface area contributed by atoms with Gasteiger partial charge in [0, 0.05) is 0 Å². The van der Waals surface area contributed by atoms with Gasteiger partial charge in [-0.2, -0.15) is 0 Å². The maximum Gasteiger partial charge on any atom is 0.255 e. The summed E-state index contributed by atoms with van der Waals surface area (Å²) < 4.78 is 0. The first-order chi connectivity index (χ1) is 6.36. The average molecular weight is 195 g/mol. The second-order valence-electron chi connectivity index (χ2n) is 5.32. The van der Waals surface area contributed by atoms with Gasteiger partial charge in [-0.1, -0.05) is 20.8 Å². The van der Waals surface area contributed by atoms with Crippen LogP contribution in [0.4, 0.5) is 0 Å². The number of guanidine groups is 1. The largest absolute Gasteiger partial charge is 0.370 e. The van der Waals surface area contributed by atoms with Crippen molar-refractivity contribution >= 4 is 11.9 Å². The molecule has 1 spiro atoms. The molecule has 4 heteroatoms. The lowest BCUT2D eigenvalue weighted by Gasteiger charge is -2.22. The molecule has 0 bridgehead atoms. The second kappa shape index (κ2) is 2.49. The van der Waals surface area contributed by atoms with Crippen molar-refractivity contribution in [3.8, 4) is 0 Å². The summed E-state index contributed by atoms with van der Waals surface area (Å²) in [6.45, 7) is 6.43. The second-order valence-corrected chi connectivity index (χ2v) is 5.32. The molecule has 2 atom stereocenters. The molecule has 2 aliphatic rings. The van der Waals surface area contributed by atoms with Gasteiger partial charge in [-0.3, -0.25) is 10.1 Å². The highest BCUT2D eigenvalue weighted by Crippen LogP contribution is 2.50. The number of nitrogens with two attached hydrogens (primary N) is 1. The van der Waals surface area contributed by atoms with Crippen LogP contribution in [-0.4, -0.2) is 17.4 Å². The number of hydrogen-bond acceptors (Lipinski definition) is 3. The summed E-state index contributed by atoms with van der Waals surface area (Å²) in [5.74, 6) is 0.533. The van der Waals surface area contributed by atoms with Crippen LogP contribution in [0.3, 0.4) is 0 Å². The van der Waals surface area contributed by atoms with E-state index in [1.54, 1.807) is 0 Å². The van der Waals surface area contributed by atoms with E-state index in [0.29, 0.717) is 0 Å². The molecule has 0 aromatic heterocycles. The Morgan fingerprint density at radius 1 is 1.57 bits per heavy atom. The molecule has 2 rings (SSSR count). The van der Waals surface area contributed by atoms with Crippen LogP contribution < -0.4 is 11.1 Å². The monoisotopic (exact) mass is 195 g/mol. The molecule has 1 fully saturated rings.